The molecule has 0 aliphatic carbocycles. The minimum Gasteiger partial charge on any atom is -0.378 e. The molecule has 1 heterocycles. The van der Waals surface area contributed by atoms with E-state index in [9.17, 15) is 0 Å². The van der Waals surface area contributed by atoms with Gasteiger partial charge >= 0.3 is 0 Å². The third-order valence-electron chi connectivity index (χ3n) is 3.21. The smallest absolute Gasteiger partial charge is 0.147 e. The van der Waals surface area contributed by atoms with Crippen LogP contribution < -0.4 is 0 Å². The Kier molecular flexibility index (Phi) is 4.78. The quantitative estimate of drug-likeness (QED) is 0.764. The maximum Gasteiger partial charge on any atom is 0.147 e. The van der Waals surface area contributed by atoms with Crippen molar-refractivity contribution in [1.82, 2.24) is 9.97 Å². The van der Waals surface area contributed by atoms with E-state index in [0.717, 1.165) is 11.3 Å². The number of halogens is 2. The van der Waals surface area contributed by atoms with E-state index in [0.29, 0.717) is 22.1 Å². The van der Waals surface area contributed by atoms with Crippen LogP contribution in [0.3, 0.4) is 0 Å². The molecule has 0 N–H and O–H groups in total. The molecule has 0 fully saturated rings. The van der Waals surface area contributed by atoms with Gasteiger partial charge < -0.3 is 4.74 Å². The second-order valence-electron chi connectivity index (χ2n) is 5.02. The molecule has 1 aromatic carbocycles. The molecule has 1 aromatic heterocycles. The Morgan fingerprint density at radius 1 is 1.20 bits per heavy atom. The molecule has 0 spiro atoms. The molecule has 20 heavy (non-hydrogen) atoms. The number of methoxy groups -OCH3 is 1. The second-order valence-corrected chi connectivity index (χ2v) is 6.17. The summed E-state index contributed by atoms with van der Waals surface area (Å²) in [5, 5.41) is 0.408. The predicted molar refractivity (Wildman–Crippen MR) is 84.0 cm³/mol. The summed E-state index contributed by atoms with van der Waals surface area (Å²) >= 11 is 9.60. The number of hydrogen-bond donors (Lipinski definition) is 0. The van der Waals surface area contributed by atoms with E-state index >= 15 is 0 Å². The van der Waals surface area contributed by atoms with Crippen LogP contribution in [0.1, 0.15) is 30.9 Å². The van der Waals surface area contributed by atoms with Crippen LogP contribution in [0.25, 0.3) is 0 Å². The highest BCUT2D eigenvalue weighted by Gasteiger charge is 2.28. The second kappa shape index (κ2) is 6.20. The lowest BCUT2D eigenvalue weighted by atomic mass is 9.84. The Hall–Kier alpha value is -0.970. The molecule has 0 amide bonds. The van der Waals surface area contributed by atoms with Crippen LogP contribution in [0.15, 0.2) is 34.8 Å². The molecule has 0 aliphatic heterocycles. The highest BCUT2D eigenvalue weighted by molar-refractivity contribution is 9.10. The Labute approximate surface area is 132 Å². The molecule has 0 saturated carbocycles. The van der Waals surface area contributed by atoms with Crippen LogP contribution in [0, 0.1) is 0 Å². The molecule has 0 atom stereocenters. The molecule has 0 unspecified atom stereocenters. The third kappa shape index (κ3) is 3.03. The van der Waals surface area contributed by atoms with Crippen LogP contribution in [0.5, 0.6) is 0 Å². The molecule has 0 bridgehead atoms. The van der Waals surface area contributed by atoms with Gasteiger partial charge in [0.1, 0.15) is 11.0 Å². The standard InChI is InChI=1S/C15H16BrClN2O/c1-15(2,10-7-5-4-6-8-10)14-18-11(9-20-3)12(16)13(17)19-14/h4-8H,9H2,1-3H3. The van der Waals surface area contributed by atoms with Crippen molar-refractivity contribution < 1.29 is 4.74 Å². The van der Waals surface area contributed by atoms with Gasteiger partial charge in [0, 0.05) is 12.5 Å². The SMILES string of the molecule is COCc1nc(C(C)(C)c2ccccc2)nc(Cl)c1Br. The fraction of sp³-hybridized carbons (Fsp3) is 0.333. The third-order valence-corrected chi connectivity index (χ3v) is 4.55. The topological polar surface area (TPSA) is 35.0 Å². The maximum atomic E-state index is 6.19. The summed E-state index contributed by atoms with van der Waals surface area (Å²) in [5.74, 6) is 0.684. The first-order valence-electron chi connectivity index (χ1n) is 6.23. The van der Waals surface area contributed by atoms with E-state index in [4.69, 9.17) is 16.3 Å². The summed E-state index contributed by atoms with van der Waals surface area (Å²) < 4.78 is 5.85. The van der Waals surface area contributed by atoms with Gasteiger partial charge in [-0.1, -0.05) is 41.9 Å². The molecule has 0 radical (unpaired) electrons. The summed E-state index contributed by atoms with van der Waals surface area (Å²) in [6, 6.07) is 10.1. The van der Waals surface area contributed by atoms with E-state index in [1.165, 1.54) is 0 Å². The highest BCUT2D eigenvalue weighted by atomic mass is 79.9. The molecule has 0 saturated heterocycles. The zero-order valence-electron chi connectivity index (χ0n) is 11.7. The van der Waals surface area contributed by atoms with Gasteiger partial charge in [0.05, 0.1) is 16.8 Å². The number of benzene rings is 1. The van der Waals surface area contributed by atoms with Crippen LogP contribution in [0.4, 0.5) is 0 Å². The Balaban J connectivity index is 2.52. The van der Waals surface area contributed by atoms with Crippen molar-refractivity contribution in [1.29, 1.82) is 0 Å². The van der Waals surface area contributed by atoms with Gasteiger partial charge in [0.15, 0.2) is 0 Å². The fourth-order valence-electron chi connectivity index (χ4n) is 1.96. The van der Waals surface area contributed by atoms with Crippen molar-refractivity contribution in [3.05, 3.63) is 57.0 Å². The molecule has 2 rings (SSSR count). The van der Waals surface area contributed by atoms with Gasteiger partial charge in [-0.2, -0.15) is 0 Å². The molecule has 0 aliphatic rings. The molecule has 106 valence electrons. The number of hydrogen-bond acceptors (Lipinski definition) is 3. The fourth-order valence-corrected chi connectivity index (χ4v) is 2.44. The average Bonchev–Trinajstić information content (AvgIpc) is 2.44. The number of rotatable bonds is 4. The van der Waals surface area contributed by atoms with Crippen molar-refractivity contribution in [3.8, 4) is 0 Å². The molecule has 3 nitrogen and oxygen atoms in total. The summed E-state index contributed by atoms with van der Waals surface area (Å²) in [6.07, 6.45) is 0. The summed E-state index contributed by atoms with van der Waals surface area (Å²) in [4.78, 5) is 9.02. The van der Waals surface area contributed by atoms with Crippen LogP contribution in [-0.2, 0) is 16.8 Å². The Bertz CT molecular complexity index is 602. The van der Waals surface area contributed by atoms with E-state index in [1.807, 2.05) is 18.2 Å². The molecular formula is C15H16BrClN2O. The van der Waals surface area contributed by atoms with Gasteiger partial charge in [0.25, 0.3) is 0 Å². The van der Waals surface area contributed by atoms with Crippen molar-refractivity contribution in [2.75, 3.05) is 7.11 Å². The van der Waals surface area contributed by atoms with Crippen LogP contribution in [0.2, 0.25) is 5.15 Å². The largest absolute Gasteiger partial charge is 0.378 e. The minimum absolute atomic E-state index is 0.325. The summed E-state index contributed by atoms with van der Waals surface area (Å²) in [7, 11) is 1.63. The van der Waals surface area contributed by atoms with Gasteiger partial charge in [-0.25, -0.2) is 9.97 Å². The first-order valence-corrected chi connectivity index (χ1v) is 7.40. The van der Waals surface area contributed by atoms with Crippen LogP contribution in [-0.4, -0.2) is 17.1 Å². The average molecular weight is 356 g/mol. The number of ether oxygens (including phenoxy) is 1. The van der Waals surface area contributed by atoms with Gasteiger partial charge in [-0.05, 0) is 35.3 Å². The molecule has 2 aromatic rings. The monoisotopic (exact) mass is 354 g/mol. The van der Waals surface area contributed by atoms with E-state index in [2.05, 4.69) is 51.9 Å². The lowest BCUT2D eigenvalue weighted by molar-refractivity contribution is 0.180. The lowest BCUT2D eigenvalue weighted by Crippen LogP contribution is -2.23. The molecule has 5 heteroatoms. The van der Waals surface area contributed by atoms with Crippen molar-refractivity contribution >= 4 is 27.5 Å². The first-order chi connectivity index (χ1) is 9.46. The van der Waals surface area contributed by atoms with Crippen LogP contribution >= 0.6 is 27.5 Å². The van der Waals surface area contributed by atoms with E-state index in [1.54, 1.807) is 7.11 Å². The first kappa shape index (κ1) is 15.4. The Morgan fingerprint density at radius 3 is 2.45 bits per heavy atom. The van der Waals surface area contributed by atoms with Crippen molar-refractivity contribution in [3.63, 3.8) is 0 Å². The highest BCUT2D eigenvalue weighted by Crippen LogP contribution is 2.32. The summed E-state index contributed by atoms with van der Waals surface area (Å²) in [5.41, 5.74) is 1.57. The lowest BCUT2D eigenvalue weighted by Gasteiger charge is -2.24. The Morgan fingerprint density at radius 2 is 1.85 bits per heavy atom. The number of aromatic nitrogens is 2. The van der Waals surface area contributed by atoms with Crippen molar-refractivity contribution in [2.24, 2.45) is 0 Å². The normalized spacial score (nSPS) is 11.7. The van der Waals surface area contributed by atoms with Crippen molar-refractivity contribution in [2.45, 2.75) is 25.9 Å². The summed E-state index contributed by atoms with van der Waals surface area (Å²) in [6.45, 7) is 4.55. The maximum absolute atomic E-state index is 6.19. The van der Waals surface area contributed by atoms with E-state index < -0.39 is 0 Å². The van der Waals surface area contributed by atoms with Gasteiger partial charge in [0.2, 0.25) is 0 Å². The number of nitrogens with zero attached hydrogens (tertiary/aromatic N) is 2. The van der Waals surface area contributed by atoms with Gasteiger partial charge in [-0.3, -0.25) is 0 Å². The minimum atomic E-state index is -0.325. The van der Waals surface area contributed by atoms with Gasteiger partial charge in [-0.15, -0.1) is 0 Å². The predicted octanol–water partition coefficient (Wildman–Crippen LogP) is 4.36. The molecular weight excluding hydrogens is 340 g/mol. The van der Waals surface area contributed by atoms with E-state index in [-0.39, 0.29) is 5.41 Å². The zero-order chi connectivity index (χ0) is 14.8. The zero-order valence-corrected chi connectivity index (χ0v) is 14.0.